The van der Waals surface area contributed by atoms with Crippen LogP contribution in [0.1, 0.15) is 32.3 Å². The molecule has 1 aliphatic rings. The van der Waals surface area contributed by atoms with Gasteiger partial charge in [0, 0.05) is 12.5 Å². The summed E-state index contributed by atoms with van der Waals surface area (Å²) in [5, 5.41) is 1.62. The Morgan fingerprint density at radius 1 is 1.35 bits per heavy atom. The molecule has 1 aromatic heterocycles. The van der Waals surface area contributed by atoms with Crippen LogP contribution in [-0.2, 0) is 9.84 Å². The highest BCUT2D eigenvalue weighted by atomic mass is 32.2. The SMILES string of the molecule is CCN(CC)CC1c2ccsc2S(=O)(=O)C1C. The van der Waals surface area contributed by atoms with Crippen molar-refractivity contribution >= 4 is 21.2 Å². The summed E-state index contributed by atoms with van der Waals surface area (Å²) in [6.07, 6.45) is 0. The maximum atomic E-state index is 12.2. The van der Waals surface area contributed by atoms with Crippen molar-refractivity contribution in [3.8, 4) is 0 Å². The van der Waals surface area contributed by atoms with Gasteiger partial charge < -0.3 is 4.90 Å². The van der Waals surface area contributed by atoms with Gasteiger partial charge in [0.2, 0.25) is 0 Å². The van der Waals surface area contributed by atoms with E-state index in [0.717, 1.165) is 25.2 Å². The molecule has 5 heteroatoms. The van der Waals surface area contributed by atoms with E-state index < -0.39 is 9.84 Å². The highest BCUT2D eigenvalue weighted by molar-refractivity contribution is 7.94. The van der Waals surface area contributed by atoms with Crippen molar-refractivity contribution in [2.75, 3.05) is 19.6 Å². The molecule has 2 unspecified atom stereocenters. The lowest BCUT2D eigenvalue weighted by atomic mass is 9.99. The van der Waals surface area contributed by atoms with Crippen LogP contribution in [0.3, 0.4) is 0 Å². The zero-order chi connectivity index (χ0) is 12.6. The summed E-state index contributed by atoms with van der Waals surface area (Å²) in [4.78, 5) is 2.30. The van der Waals surface area contributed by atoms with E-state index in [4.69, 9.17) is 0 Å². The minimum atomic E-state index is -3.06. The fraction of sp³-hybridized carbons (Fsp3) is 0.667. The Bertz CT molecular complexity index is 488. The molecule has 1 aliphatic heterocycles. The third-order valence-electron chi connectivity index (χ3n) is 3.72. The topological polar surface area (TPSA) is 37.4 Å². The quantitative estimate of drug-likeness (QED) is 0.845. The number of hydrogen-bond acceptors (Lipinski definition) is 4. The summed E-state index contributed by atoms with van der Waals surface area (Å²) in [5.74, 6) is 0.140. The van der Waals surface area contributed by atoms with Gasteiger partial charge in [-0.2, -0.15) is 0 Å². The molecule has 0 fully saturated rings. The van der Waals surface area contributed by atoms with E-state index in [9.17, 15) is 8.42 Å². The Morgan fingerprint density at radius 2 is 2.00 bits per heavy atom. The Balaban J connectivity index is 2.32. The fourth-order valence-electron chi connectivity index (χ4n) is 2.46. The maximum absolute atomic E-state index is 12.2. The standard InChI is InChI=1S/C12H19NO2S2/c1-4-13(5-2)8-11-9(3)17(14,15)12-10(11)6-7-16-12/h6-7,9,11H,4-5,8H2,1-3H3. The summed E-state index contributed by atoms with van der Waals surface area (Å²) < 4.78 is 25.0. The van der Waals surface area contributed by atoms with E-state index >= 15 is 0 Å². The van der Waals surface area contributed by atoms with Gasteiger partial charge in [-0.05, 0) is 37.0 Å². The van der Waals surface area contributed by atoms with Crippen LogP contribution in [0.15, 0.2) is 15.7 Å². The van der Waals surface area contributed by atoms with Crippen LogP contribution in [-0.4, -0.2) is 38.2 Å². The van der Waals surface area contributed by atoms with Crippen molar-refractivity contribution in [3.63, 3.8) is 0 Å². The monoisotopic (exact) mass is 273 g/mol. The summed E-state index contributed by atoms with van der Waals surface area (Å²) in [6.45, 7) is 8.87. The Kier molecular flexibility index (Phi) is 3.61. The van der Waals surface area contributed by atoms with Gasteiger partial charge in [0.1, 0.15) is 4.21 Å². The molecule has 0 radical (unpaired) electrons. The second-order valence-corrected chi connectivity index (χ2v) is 7.92. The van der Waals surface area contributed by atoms with E-state index in [2.05, 4.69) is 18.7 Å². The van der Waals surface area contributed by atoms with Gasteiger partial charge in [-0.15, -0.1) is 11.3 Å². The average molecular weight is 273 g/mol. The van der Waals surface area contributed by atoms with Crippen molar-refractivity contribution in [1.82, 2.24) is 4.90 Å². The van der Waals surface area contributed by atoms with E-state index in [1.165, 1.54) is 11.3 Å². The molecule has 0 N–H and O–H groups in total. The first-order chi connectivity index (χ1) is 8.02. The number of hydrogen-bond donors (Lipinski definition) is 0. The molecular formula is C12H19NO2S2. The zero-order valence-corrected chi connectivity index (χ0v) is 12.1. The molecule has 0 spiro atoms. The number of nitrogens with zero attached hydrogens (tertiary/aromatic N) is 1. The average Bonchev–Trinajstić information content (AvgIpc) is 2.84. The van der Waals surface area contributed by atoms with Gasteiger partial charge in [-0.25, -0.2) is 8.42 Å². The molecule has 0 amide bonds. The number of thiophene rings is 1. The molecule has 2 heterocycles. The van der Waals surface area contributed by atoms with Crippen LogP contribution in [0.5, 0.6) is 0 Å². The van der Waals surface area contributed by atoms with Crippen molar-refractivity contribution in [1.29, 1.82) is 0 Å². The zero-order valence-electron chi connectivity index (χ0n) is 10.5. The van der Waals surface area contributed by atoms with Gasteiger partial charge in [0.15, 0.2) is 9.84 Å². The van der Waals surface area contributed by atoms with Crippen LogP contribution in [0.4, 0.5) is 0 Å². The second-order valence-electron chi connectivity index (χ2n) is 4.51. The van der Waals surface area contributed by atoms with E-state index in [-0.39, 0.29) is 11.2 Å². The number of rotatable bonds is 4. The Labute approximate surface area is 107 Å². The molecule has 17 heavy (non-hydrogen) atoms. The van der Waals surface area contributed by atoms with Crippen LogP contribution in [0.2, 0.25) is 0 Å². The number of fused-ring (bicyclic) bond motifs is 1. The van der Waals surface area contributed by atoms with Gasteiger partial charge in [0.05, 0.1) is 5.25 Å². The Hall–Kier alpha value is -0.390. The first-order valence-corrected chi connectivity index (χ1v) is 8.48. The highest BCUT2D eigenvalue weighted by Gasteiger charge is 2.43. The van der Waals surface area contributed by atoms with Crippen LogP contribution in [0, 0.1) is 0 Å². The lowest BCUT2D eigenvalue weighted by Gasteiger charge is -2.24. The summed E-state index contributed by atoms with van der Waals surface area (Å²) in [5.41, 5.74) is 1.04. The first-order valence-electron chi connectivity index (χ1n) is 6.06. The van der Waals surface area contributed by atoms with Gasteiger partial charge in [0.25, 0.3) is 0 Å². The van der Waals surface area contributed by atoms with Gasteiger partial charge in [-0.3, -0.25) is 0 Å². The smallest absolute Gasteiger partial charge is 0.191 e. The van der Waals surface area contributed by atoms with Crippen molar-refractivity contribution in [3.05, 3.63) is 17.0 Å². The Morgan fingerprint density at radius 3 is 2.59 bits per heavy atom. The summed E-state index contributed by atoms with van der Waals surface area (Å²) in [6, 6.07) is 1.98. The van der Waals surface area contributed by atoms with Gasteiger partial charge >= 0.3 is 0 Å². The summed E-state index contributed by atoms with van der Waals surface area (Å²) in [7, 11) is -3.06. The van der Waals surface area contributed by atoms with Crippen molar-refractivity contribution < 1.29 is 8.42 Å². The molecule has 0 saturated carbocycles. The summed E-state index contributed by atoms with van der Waals surface area (Å²) >= 11 is 1.36. The minimum Gasteiger partial charge on any atom is -0.303 e. The fourth-order valence-corrected chi connectivity index (χ4v) is 5.86. The molecule has 2 rings (SSSR count). The lowest BCUT2D eigenvalue weighted by molar-refractivity contribution is 0.282. The largest absolute Gasteiger partial charge is 0.303 e. The second kappa shape index (κ2) is 4.71. The molecule has 0 aromatic carbocycles. The third kappa shape index (κ3) is 2.04. The molecule has 0 aliphatic carbocycles. The lowest BCUT2D eigenvalue weighted by Crippen LogP contribution is -2.32. The van der Waals surface area contributed by atoms with E-state index in [1.807, 2.05) is 18.4 Å². The minimum absolute atomic E-state index is 0.140. The molecule has 96 valence electrons. The van der Waals surface area contributed by atoms with E-state index in [0.29, 0.717) is 4.21 Å². The predicted octanol–water partition coefficient (Wildman–Crippen LogP) is 2.35. The number of likely N-dealkylation sites (N-methyl/N-ethyl adjacent to an activating group) is 1. The van der Waals surface area contributed by atoms with Crippen molar-refractivity contribution in [2.45, 2.75) is 36.1 Å². The number of sulfone groups is 1. The van der Waals surface area contributed by atoms with Crippen LogP contribution < -0.4 is 0 Å². The molecule has 2 atom stereocenters. The maximum Gasteiger partial charge on any atom is 0.191 e. The van der Waals surface area contributed by atoms with E-state index in [1.54, 1.807) is 0 Å². The van der Waals surface area contributed by atoms with Crippen LogP contribution in [0.25, 0.3) is 0 Å². The molecule has 3 nitrogen and oxygen atoms in total. The molecule has 0 bridgehead atoms. The van der Waals surface area contributed by atoms with Crippen LogP contribution >= 0.6 is 11.3 Å². The molecular weight excluding hydrogens is 254 g/mol. The molecule has 1 aromatic rings. The highest BCUT2D eigenvalue weighted by Crippen LogP contribution is 2.43. The molecule has 0 saturated heterocycles. The third-order valence-corrected chi connectivity index (χ3v) is 7.49. The first kappa shape index (κ1) is 13.1. The van der Waals surface area contributed by atoms with Gasteiger partial charge in [-0.1, -0.05) is 13.8 Å². The van der Waals surface area contributed by atoms with Crippen molar-refractivity contribution in [2.24, 2.45) is 0 Å². The normalized spacial score (nSPS) is 26.4. The predicted molar refractivity (Wildman–Crippen MR) is 71.5 cm³/mol.